The van der Waals surface area contributed by atoms with Crippen LogP contribution < -0.4 is 0 Å². The van der Waals surface area contributed by atoms with E-state index in [-0.39, 0.29) is 18.0 Å². The van der Waals surface area contributed by atoms with E-state index in [4.69, 9.17) is 4.74 Å². The summed E-state index contributed by atoms with van der Waals surface area (Å²) < 4.78 is 5.68. The van der Waals surface area contributed by atoms with Gasteiger partial charge in [0.15, 0.2) is 0 Å². The fourth-order valence-corrected chi connectivity index (χ4v) is 3.44. The highest BCUT2D eigenvalue weighted by Crippen LogP contribution is 2.31. The number of carbonyl (C=O) groups is 2. The molecule has 3 heteroatoms. The van der Waals surface area contributed by atoms with Crippen LogP contribution in [0.4, 0.5) is 0 Å². The molecule has 2 fully saturated rings. The zero-order valence-electron chi connectivity index (χ0n) is 11.8. The molecular formula is C16H26O3. The minimum absolute atomic E-state index is 0.0519. The predicted molar refractivity (Wildman–Crippen MR) is 73.7 cm³/mol. The Labute approximate surface area is 116 Å². The third-order valence-electron chi connectivity index (χ3n) is 4.71. The summed E-state index contributed by atoms with van der Waals surface area (Å²) in [7, 11) is 0. The molecule has 0 unspecified atom stereocenters. The average molecular weight is 266 g/mol. The summed E-state index contributed by atoms with van der Waals surface area (Å²) in [5.74, 6) is 0.882. The van der Waals surface area contributed by atoms with E-state index < -0.39 is 0 Å². The van der Waals surface area contributed by atoms with Crippen LogP contribution in [0.2, 0.25) is 0 Å². The van der Waals surface area contributed by atoms with Gasteiger partial charge in [0.05, 0.1) is 5.92 Å². The lowest BCUT2D eigenvalue weighted by Crippen LogP contribution is -2.29. The molecule has 2 aliphatic carbocycles. The summed E-state index contributed by atoms with van der Waals surface area (Å²) in [5, 5.41) is 0. The summed E-state index contributed by atoms with van der Waals surface area (Å²) >= 11 is 0. The second kappa shape index (κ2) is 7.66. The van der Waals surface area contributed by atoms with E-state index in [1.165, 1.54) is 19.3 Å². The van der Waals surface area contributed by atoms with Gasteiger partial charge in [-0.05, 0) is 50.9 Å². The maximum Gasteiger partial charge on any atom is 0.309 e. The van der Waals surface area contributed by atoms with Crippen LogP contribution in [0.3, 0.4) is 0 Å². The Hall–Kier alpha value is -0.860. The van der Waals surface area contributed by atoms with E-state index in [1.54, 1.807) is 0 Å². The molecule has 0 spiro atoms. The minimum atomic E-state index is 0.0519. The highest BCUT2D eigenvalue weighted by Gasteiger charge is 2.28. The van der Waals surface area contributed by atoms with Gasteiger partial charge in [-0.25, -0.2) is 0 Å². The van der Waals surface area contributed by atoms with Crippen molar-refractivity contribution >= 4 is 12.3 Å². The molecule has 0 aromatic rings. The van der Waals surface area contributed by atoms with Crippen LogP contribution in [0, 0.1) is 11.8 Å². The van der Waals surface area contributed by atoms with Crippen molar-refractivity contribution in [2.45, 2.75) is 76.7 Å². The van der Waals surface area contributed by atoms with Gasteiger partial charge in [-0.3, -0.25) is 4.79 Å². The second-order valence-corrected chi connectivity index (χ2v) is 6.16. The third kappa shape index (κ3) is 4.63. The van der Waals surface area contributed by atoms with Crippen molar-refractivity contribution < 1.29 is 14.3 Å². The van der Waals surface area contributed by atoms with Gasteiger partial charge in [-0.2, -0.15) is 0 Å². The quantitative estimate of drug-likeness (QED) is 0.563. The summed E-state index contributed by atoms with van der Waals surface area (Å²) in [6, 6.07) is 0. The first-order valence-corrected chi connectivity index (χ1v) is 7.93. The molecular weight excluding hydrogens is 240 g/mol. The average Bonchev–Trinajstić information content (AvgIpc) is 2.47. The van der Waals surface area contributed by atoms with E-state index in [0.29, 0.717) is 12.3 Å². The highest BCUT2D eigenvalue weighted by molar-refractivity contribution is 5.72. The van der Waals surface area contributed by atoms with Crippen LogP contribution in [0.25, 0.3) is 0 Å². The molecule has 0 aromatic carbocycles. The van der Waals surface area contributed by atoms with E-state index in [1.807, 2.05) is 0 Å². The van der Waals surface area contributed by atoms with Crippen LogP contribution in [-0.4, -0.2) is 18.4 Å². The Balaban J connectivity index is 1.67. The molecule has 0 heterocycles. The molecule has 0 N–H and O–H groups in total. The molecule has 0 aliphatic heterocycles. The maximum absolute atomic E-state index is 12.1. The molecule has 2 saturated carbocycles. The van der Waals surface area contributed by atoms with Gasteiger partial charge < -0.3 is 9.53 Å². The number of aldehydes is 1. The van der Waals surface area contributed by atoms with Crippen molar-refractivity contribution in [1.82, 2.24) is 0 Å². The fraction of sp³-hybridized carbons (Fsp3) is 0.875. The maximum atomic E-state index is 12.1. The molecule has 0 amide bonds. The molecule has 19 heavy (non-hydrogen) atoms. The Kier molecular flexibility index (Phi) is 5.87. The highest BCUT2D eigenvalue weighted by atomic mass is 16.5. The monoisotopic (exact) mass is 266 g/mol. The number of hydrogen-bond donors (Lipinski definition) is 0. The summed E-state index contributed by atoms with van der Waals surface area (Å²) in [4.78, 5) is 22.4. The van der Waals surface area contributed by atoms with E-state index in [9.17, 15) is 9.59 Å². The SMILES string of the molecule is O=CCCC1CCC(OC(=O)C2CCCCC2)CC1. The second-order valence-electron chi connectivity index (χ2n) is 6.16. The number of rotatable bonds is 5. The van der Waals surface area contributed by atoms with Crippen LogP contribution in [0.5, 0.6) is 0 Å². The number of esters is 1. The Morgan fingerprint density at radius 1 is 1.00 bits per heavy atom. The van der Waals surface area contributed by atoms with Crippen LogP contribution >= 0.6 is 0 Å². The van der Waals surface area contributed by atoms with E-state index in [0.717, 1.165) is 51.2 Å². The van der Waals surface area contributed by atoms with Gasteiger partial charge in [0.2, 0.25) is 0 Å². The van der Waals surface area contributed by atoms with Gasteiger partial charge in [-0.1, -0.05) is 19.3 Å². The first-order chi connectivity index (χ1) is 9.29. The summed E-state index contributed by atoms with van der Waals surface area (Å²) in [5.41, 5.74) is 0. The molecule has 2 aliphatic rings. The van der Waals surface area contributed by atoms with Crippen molar-refractivity contribution in [3.8, 4) is 0 Å². The van der Waals surface area contributed by atoms with E-state index >= 15 is 0 Å². The molecule has 0 aromatic heterocycles. The first kappa shape index (κ1) is 14.5. The van der Waals surface area contributed by atoms with Crippen molar-refractivity contribution in [3.63, 3.8) is 0 Å². The largest absolute Gasteiger partial charge is 0.462 e. The third-order valence-corrected chi connectivity index (χ3v) is 4.71. The lowest BCUT2D eigenvalue weighted by molar-refractivity contribution is -0.157. The molecule has 0 atom stereocenters. The van der Waals surface area contributed by atoms with Gasteiger partial charge in [0, 0.05) is 6.42 Å². The van der Waals surface area contributed by atoms with Crippen LogP contribution in [0.15, 0.2) is 0 Å². The standard InChI is InChI=1S/C16H26O3/c17-12-4-5-13-8-10-15(11-9-13)19-16(18)14-6-2-1-3-7-14/h12-15H,1-11H2. The Morgan fingerprint density at radius 2 is 1.68 bits per heavy atom. The van der Waals surface area contributed by atoms with Crippen molar-refractivity contribution in [2.24, 2.45) is 11.8 Å². The normalized spacial score (nSPS) is 28.8. The van der Waals surface area contributed by atoms with E-state index in [2.05, 4.69) is 0 Å². The Morgan fingerprint density at radius 3 is 2.32 bits per heavy atom. The van der Waals surface area contributed by atoms with Gasteiger partial charge in [-0.15, -0.1) is 0 Å². The van der Waals surface area contributed by atoms with Crippen LogP contribution in [0.1, 0.15) is 70.6 Å². The van der Waals surface area contributed by atoms with Crippen molar-refractivity contribution in [3.05, 3.63) is 0 Å². The minimum Gasteiger partial charge on any atom is -0.462 e. The zero-order valence-corrected chi connectivity index (χ0v) is 11.8. The van der Waals surface area contributed by atoms with Gasteiger partial charge in [0.1, 0.15) is 12.4 Å². The first-order valence-electron chi connectivity index (χ1n) is 7.93. The molecule has 0 saturated heterocycles. The molecule has 0 bridgehead atoms. The lowest BCUT2D eigenvalue weighted by Gasteiger charge is -2.30. The van der Waals surface area contributed by atoms with Gasteiger partial charge >= 0.3 is 5.97 Å². The van der Waals surface area contributed by atoms with Crippen molar-refractivity contribution in [1.29, 1.82) is 0 Å². The predicted octanol–water partition coefficient (Wildman–Crippen LogP) is 3.65. The number of hydrogen-bond acceptors (Lipinski definition) is 3. The van der Waals surface area contributed by atoms with Gasteiger partial charge in [0.25, 0.3) is 0 Å². The smallest absolute Gasteiger partial charge is 0.309 e. The molecule has 108 valence electrons. The molecule has 0 radical (unpaired) electrons. The molecule has 2 rings (SSSR count). The number of ether oxygens (including phenoxy) is 1. The Bertz CT molecular complexity index is 286. The fourth-order valence-electron chi connectivity index (χ4n) is 3.44. The van der Waals surface area contributed by atoms with Crippen molar-refractivity contribution in [2.75, 3.05) is 0 Å². The van der Waals surface area contributed by atoms with Crippen LogP contribution in [-0.2, 0) is 14.3 Å². The number of carbonyl (C=O) groups excluding carboxylic acids is 2. The summed E-state index contributed by atoms with van der Waals surface area (Å²) in [6.07, 6.45) is 12.7. The summed E-state index contributed by atoms with van der Waals surface area (Å²) in [6.45, 7) is 0. The zero-order chi connectivity index (χ0) is 13.5. The topological polar surface area (TPSA) is 43.4 Å². The molecule has 3 nitrogen and oxygen atoms in total. The lowest BCUT2D eigenvalue weighted by atomic mass is 9.84.